The van der Waals surface area contributed by atoms with Crippen molar-refractivity contribution in [3.63, 3.8) is 0 Å². The summed E-state index contributed by atoms with van der Waals surface area (Å²) in [7, 11) is 3.09. The highest BCUT2D eigenvalue weighted by molar-refractivity contribution is 6.06. The Balaban J connectivity index is 0.913. The van der Waals surface area contributed by atoms with Gasteiger partial charge in [-0.3, -0.25) is 19.6 Å². The Kier molecular flexibility index (Phi) is 8.91. The normalized spacial score (nSPS) is 18.3. The van der Waals surface area contributed by atoms with Crippen LogP contribution in [0.25, 0.3) is 11.1 Å². The molecule has 4 heterocycles. The number of anilines is 1. The molecule has 0 radical (unpaired) electrons. The van der Waals surface area contributed by atoms with Gasteiger partial charge >= 0.3 is 0 Å². The summed E-state index contributed by atoms with van der Waals surface area (Å²) < 4.78 is 23.5. The summed E-state index contributed by atoms with van der Waals surface area (Å²) in [5.41, 5.74) is 13.9. The highest BCUT2D eigenvalue weighted by Gasteiger charge is 2.35. The first-order valence-electron chi connectivity index (χ1n) is 17.6. The van der Waals surface area contributed by atoms with Crippen molar-refractivity contribution < 1.29 is 28.5 Å². The van der Waals surface area contributed by atoms with Crippen LogP contribution in [0.4, 0.5) is 17.1 Å². The summed E-state index contributed by atoms with van der Waals surface area (Å²) in [6.45, 7) is 2.68. The van der Waals surface area contributed by atoms with E-state index < -0.39 is 0 Å². The van der Waals surface area contributed by atoms with Gasteiger partial charge in [-0.1, -0.05) is 42.0 Å². The second-order valence-electron chi connectivity index (χ2n) is 13.4. The van der Waals surface area contributed by atoms with E-state index in [0.717, 1.165) is 22.3 Å². The Morgan fingerprint density at radius 1 is 0.660 bits per heavy atom. The lowest BCUT2D eigenvalue weighted by Crippen LogP contribution is -2.32. The van der Waals surface area contributed by atoms with E-state index in [0.29, 0.717) is 83.7 Å². The van der Waals surface area contributed by atoms with Gasteiger partial charge in [0.2, 0.25) is 0 Å². The molecule has 4 aromatic carbocycles. The number of ether oxygens (including phenoxy) is 4. The fourth-order valence-corrected chi connectivity index (χ4v) is 7.03. The molecule has 2 N–H and O–H groups in total. The standard InChI is InChI=1S/C42H39N5O6/c1-25-5-7-26(8-6-25)28-15-31-21-44-35-19-39(37(50-2)17-33(35)41(48)46(31)23-28)52-13-4-14-53-40-20-36-34(18-38(40)51-3)42(49)47-24-29(16-32(47)22-45-36)27-9-11-30(43)12-10-27/h5-12,17-24,31-32H,4,13-16,43H2,1-3H3/t31-,32-/m0/s1. The largest absolute Gasteiger partial charge is 0.493 e. The molecule has 0 spiro atoms. The first-order valence-corrected chi connectivity index (χ1v) is 17.6. The molecule has 2 atom stereocenters. The van der Waals surface area contributed by atoms with Crippen molar-refractivity contribution in [1.29, 1.82) is 0 Å². The molecule has 0 saturated carbocycles. The third-order valence-electron chi connectivity index (χ3n) is 9.94. The Labute approximate surface area is 307 Å². The lowest BCUT2D eigenvalue weighted by atomic mass is 10.0. The molecule has 0 saturated heterocycles. The zero-order valence-corrected chi connectivity index (χ0v) is 29.7. The summed E-state index contributed by atoms with van der Waals surface area (Å²) in [5, 5.41) is 0. The van der Waals surface area contributed by atoms with E-state index in [2.05, 4.69) is 31.2 Å². The number of hydrogen-bond donors (Lipinski definition) is 1. The summed E-state index contributed by atoms with van der Waals surface area (Å²) in [6, 6.07) is 22.5. The van der Waals surface area contributed by atoms with Gasteiger partial charge in [-0.05, 0) is 53.5 Å². The minimum atomic E-state index is -0.199. The molecule has 0 aromatic heterocycles. The topological polar surface area (TPSA) is 128 Å². The number of aryl methyl sites for hydroxylation is 1. The summed E-state index contributed by atoms with van der Waals surface area (Å²) >= 11 is 0. The van der Waals surface area contributed by atoms with Crippen LogP contribution in [-0.4, -0.2) is 73.6 Å². The first kappa shape index (κ1) is 33.8. The zero-order valence-electron chi connectivity index (χ0n) is 29.7. The number of carbonyl (C=O) groups excluding carboxylic acids is 2. The minimum Gasteiger partial charge on any atom is -0.493 e. The molecule has 11 heteroatoms. The van der Waals surface area contributed by atoms with Gasteiger partial charge in [0.05, 0.1) is 62.0 Å². The number of nitrogens with zero attached hydrogens (tertiary/aromatic N) is 4. The maximum atomic E-state index is 13.7. The second-order valence-corrected chi connectivity index (χ2v) is 13.4. The molecule has 4 aromatic rings. The smallest absolute Gasteiger partial charge is 0.260 e. The van der Waals surface area contributed by atoms with Crippen LogP contribution in [0.5, 0.6) is 23.0 Å². The van der Waals surface area contributed by atoms with Crippen molar-refractivity contribution in [1.82, 2.24) is 9.80 Å². The number of methoxy groups -OCH3 is 2. The van der Waals surface area contributed by atoms with E-state index in [1.165, 1.54) is 5.56 Å². The SMILES string of the molecule is COc1cc2c(cc1OCCCOc1cc3c(cc1OC)C(=O)N1C=C(c4ccc(N)cc4)C[C@H]1C=N3)N=C[C@@H]1CC(c3ccc(C)cc3)=CN1C2=O. The second kappa shape index (κ2) is 14.0. The van der Waals surface area contributed by atoms with Crippen molar-refractivity contribution in [2.45, 2.75) is 38.3 Å². The van der Waals surface area contributed by atoms with E-state index in [-0.39, 0.29) is 23.9 Å². The molecule has 4 aliphatic heterocycles. The molecule has 268 valence electrons. The average molecular weight is 710 g/mol. The van der Waals surface area contributed by atoms with Gasteiger partial charge in [-0.2, -0.15) is 0 Å². The number of fused-ring (bicyclic) bond motifs is 4. The highest BCUT2D eigenvalue weighted by Crippen LogP contribution is 2.42. The average Bonchev–Trinajstić information content (AvgIpc) is 3.75. The predicted molar refractivity (Wildman–Crippen MR) is 205 cm³/mol. The monoisotopic (exact) mass is 709 g/mol. The summed E-state index contributed by atoms with van der Waals surface area (Å²) in [5.74, 6) is 1.55. The predicted octanol–water partition coefficient (Wildman–Crippen LogP) is 7.39. The lowest BCUT2D eigenvalue weighted by molar-refractivity contribution is 0.0809. The molecule has 4 aliphatic rings. The number of aliphatic imine (C=N–C) groups is 2. The zero-order chi connectivity index (χ0) is 36.6. The van der Waals surface area contributed by atoms with Crippen LogP contribution in [-0.2, 0) is 0 Å². The van der Waals surface area contributed by atoms with Gasteiger partial charge in [0.25, 0.3) is 11.8 Å². The van der Waals surface area contributed by atoms with Crippen LogP contribution >= 0.6 is 0 Å². The van der Waals surface area contributed by atoms with Crippen molar-refractivity contribution in [2.24, 2.45) is 9.98 Å². The maximum Gasteiger partial charge on any atom is 0.260 e. The minimum absolute atomic E-state index is 0.136. The molecule has 11 nitrogen and oxygen atoms in total. The number of nitrogens with two attached hydrogens (primary N) is 1. The van der Waals surface area contributed by atoms with Gasteiger partial charge in [-0.15, -0.1) is 0 Å². The van der Waals surface area contributed by atoms with Crippen LogP contribution in [0.1, 0.15) is 56.7 Å². The molecule has 53 heavy (non-hydrogen) atoms. The van der Waals surface area contributed by atoms with E-state index >= 15 is 0 Å². The van der Waals surface area contributed by atoms with E-state index in [9.17, 15) is 9.59 Å². The Bertz CT molecular complexity index is 2070. The quantitative estimate of drug-likeness (QED) is 0.134. The van der Waals surface area contributed by atoms with Crippen LogP contribution < -0.4 is 24.7 Å². The van der Waals surface area contributed by atoms with Gasteiger partial charge in [0.1, 0.15) is 0 Å². The van der Waals surface area contributed by atoms with Gasteiger partial charge in [-0.25, -0.2) is 0 Å². The van der Waals surface area contributed by atoms with E-state index in [1.54, 1.807) is 48.3 Å². The van der Waals surface area contributed by atoms with Crippen molar-refractivity contribution in [2.75, 3.05) is 33.2 Å². The van der Waals surface area contributed by atoms with E-state index in [1.807, 2.05) is 49.1 Å². The first-order chi connectivity index (χ1) is 25.8. The Hall–Kier alpha value is -6.36. The summed E-state index contributed by atoms with van der Waals surface area (Å²) in [4.78, 5) is 40.3. The van der Waals surface area contributed by atoms with Crippen LogP contribution in [0.2, 0.25) is 0 Å². The van der Waals surface area contributed by atoms with Gasteiger partial charge in [0, 0.05) is 61.9 Å². The number of amides is 2. The van der Waals surface area contributed by atoms with Crippen LogP contribution in [0.3, 0.4) is 0 Å². The third kappa shape index (κ3) is 6.50. The van der Waals surface area contributed by atoms with E-state index in [4.69, 9.17) is 34.7 Å². The van der Waals surface area contributed by atoms with Gasteiger partial charge in [0.15, 0.2) is 23.0 Å². The molecule has 0 bridgehead atoms. The number of rotatable bonds is 10. The van der Waals surface area contributed by atoms with Crippen LogP contribution in [0.15, 0.2) is 95.2 Å². The lowest BCUT2D eigenvalue weighted by Gasteiger charge is -2.19. The Morgan fingerprint density at radius 3 is 1.57 bits per heavy atom. The molecule has 2 amide bonds. The van der Waals surface area contributed by atoms with Crippen LogP contribution in [0, 0.1) is 6.92 Å². The van der Waals surface area contributed by atoms with Crippen molar-refractivity contribution in [3.05, 3.63) is 113 Å². The fourth-order valence-electron chi connectivity index (χ4n) is 7.03. The molecule has 0 unspecified atom stereocenters. The number of hydrogen-bond acceptors (Lipinski definition) is 9. The molecule has 8 rings (SSSR count). The molecular weight excluding hydrogens is 670 g/mol. The molecular formula is C42H39N5O6. The number of benzene rings is 4. The molecule has 0 fully saturated rings. The van der Waals surface area contributed by atoms with Gasteiger partial charge < -0.3 is 34.5 Å². The fraction of sp³-hybridized carbons (Fsp3) is 0.238. The maximum absolute atomic E-state index is 13.7. The van der Waals surface area contributed by atoms with Crippen molar-refractivity contribution >= 4 is 52.5 Å². The number of nitrogen functional groups attached to an aromatic ring is 1. The summed E-state index contributed by atoms with van der Waals surface area (Å²) in [6.07, 6.45) is 9.33. The Morgan fingerprint density at radius 2 is 1.11 bits per heavy atom. The number of carbonyl (C=O) groups is 2. The third-order valence-corrected chi connectivity index (χ3v) is 9.94. The highest BCUT2D eigenvalue weighted by atomic mass is 16.5. The molecule has 0 aliphatic carbocycles. The van der Waals surface area contributed by atoms with Crippen molar-refractivity contribution in [3.8, 4) is 23.0 Å².